The Balaban J connectivity index is 1.84. The molecule has 6 nitrogen and oxygen atoms in total. The van der Waals surface area contributed by atoms with E-state index >= 15 is 0 Å². The Labute approximate surface area is 159 Å². The third-order valence-electron chi connectivity index (χ3n) is 4.85. The summed E-state index contributed by atoms with van der Waals surface area (Å²) in [6.07, 6.45) is 0.331. The van der Waals surface area contributed by atoms with Crippen molar-refractivity contribution < 1.29 is 19.1 Å². The summed E-state index contributed by atoms with van der Waals surface area (Å²) in [6.45, 7) is 2.65. The molecule has 2 aromatic carbocycles. The van der Waals surface area contributed by atoms with Crippen LogP contribution < -0.4 is 14.8 Å². The van der Waals surface area contributed by atoms with Crippen LogP contribution in [-0.2, 0) is 22.6 Å². The fraction of sp³-hybridized carbons (Fsp3) is 0.333. The highest BCUT2D eigenvalue weighted by atomic mass is 16.5. The fourth-order valence-corrected chi connectivity index (χ4v) is 3.55. The number of methoxy groups -OCH3 is 2. The van der Waals surface area contributed by atoms with Crippen molar-refractivity contribution in [3.05, 3.63) is 59.2 Å². The van der Waals surface area contributed by atoms with Crippen LogP contribution in [0.2, 0.25) is 0 Å². The number of ether oxygens (including phenoxy) is 2. The Kier molecular flexibility index (Phi) is 5.64. The third-order valence-corrected chi connectivity index (χ3v) is 4.85. The van der Waals surface area contributed by atoms with Crippen LogP contribution in [-0.4, -0.2) is 37.5 Å². The Bertz CT molecular complexity index is 850. The molecule has 6 heteroatoms. The zero-order chi connectivity index (χ0) is 19.4. The van der Waals surface area contributed by atoms with Gasteiger partial charge in [-0.25, -0.2) is 0 Å². The maximum Gasteiger partial charge on any atom is 0.247 e. The van der Waals surface area contributed by atoms with Gasteiger partial charge in [0.05, 0.1) is 20.6 Å². The minimum atomic E-state index is -0.621. The second-order valence-electron chi connectivity index (χ2n) is 6.33. The average Bonchev–Trinajstić information content (AvgIpc) is 2.70. The Morgan fingerprint density at radius 3 is 2.63 bits per heavy atom. The lowest BCUT2D eigenvalue weighted by Crippen LogP contribution is -2.47. The van der Waals surface area contributed by atoms with E-state index < -0.39 is 6.04 Å². The summed E-state index contributed by atoms with van der Waals surface area (Å²) in [5.74, 6) is 0.961. The molecule has 1 atom stereocenters. The van der Waals surface area contributed by atoms with E-state index in [0.717, 1.165) is 16.7 Å². The Hall–Kier alpha value is -3.02. The van der Waals surface area contributed by atoms with E-state index in [9.17, 15) is 9.59 Å². The van der Waals surface area contributed by atoms with Gasteiger partial charge in [0.25, 0.3) is 0 Å². The molecule has 0 saturated carbocycles. The van der Waals surface area contributed by atoms with E-state index in [1.165, 1.54) is 0 Å². The second-order valence-corrected chi connectivity index (χ2v) is 6.33. The predicted molar refractivity (Wildman–Crippen MR) is 102 cm³/mol. The quantitative estimate of drug-likeness (QED) is 0.851. The van der Waals surface area contributed by atoms with E-state index in [4.69, 9.17) is 9.47 Å². The number of carbonyl (C=O) groups excluding carboxylic acids is 2. The molecule has 0 fully saturated rings. The molecule has 0 saturated heterocycles. The summed E-state index contributed by atoms with van der Waals surface area (Å²) in [5, 5.41) is 2.95. The zero-order valence-electron chi connectivity index (χ0n) is 15.8. The average molecular weight is 368 g/mol. The minimum absolute atomic E-state index is 0.0321. The van der Waals surface area contributed by atoms with E-state index in [0.29, 0.717) is 24.5 Å². The number of fused-ring (bicyclic) bond motifs is 1. The SMILES string of the molecule is CCN1C(=O)Cc2ccccc2C1C(=O)NCc1cccc(OC)c1OC. The molecular formula is C21H24N2O4. The highest BCUT2D eigenvalue weighted by Gasteiger charge is 2.36. The molecule has 2 amide bonds. The van der Waals surface area contributed by atoms with Crippen LogP contribution in [0.1, 0.15) is 29.7 Å². The first-order chi connectivity index (χ1) is 13.1. The summed E-state index contributed by atoms with van der Waals surface area (Å²) in [7, 11) is 3.14. The summed E-state index contributed by atoms with van der Waals surface area (Å²) in [5.41, 5.74) is 2.60. The molecule has 3 rings (SSSR count). The maximum absolute atomic E-state index is 13.0. The molecule has 27 heavy (non-hydrogen) atoms. The Morgan fingerprint density at radius 1 is 1.15 bits per heavy atom. The summed E-state index contributed by atoms with van der Waals surface area (Å²) in [6, 6.07) is 12.5. The normalized spacial score (nSPS) is 15.9. The molecule has 0 spiro atoms. The van der Waals surface area contributed by atoms with Gasteiger partial charge in [0, 0.05) is 18.7 Å². The van der Waals surface area contributed by atoms with Crippen LogP contribution in [0.25, 0.3) is 0 Å². The number of hydrogen-bond acceptors (Lipinski definition) is 4. The minimum Gasteiger partial charge on any atom is -0.493 e. The first-order valence-corrected chi connectivity index (χ1v) is 8.95. The van der Waals surface area contributed by atoms with Crippen molar-refractivity contribution in [1.29, 1.82) is 0 Å². The van der Waals surface area contributed by atoms with E-state index in [-0.39, 0.29) is 18.4 Å². The van der Waals surface area contributed by atoms with Gasteiger partial charge in [-0.3, -0.25) is 9.59 Å². The van der Waals surface area contributed by atoms with Gasteiger partial charge in [-0.1, -0.05) is 36.4 Å². The standard InChI is InChI=1S/C21H24N2O4/c1-4-23-18(24)12-14-8-5-6-10-16(14)19(23)21(25)22-13-15-9-7-11-17(26-2)20(15)27-3/h5-11,19H,4,12-13H2,1-3H3,(H,22,25). The predicted octanol–water partition coefficient (Wildman–Crippen LogP) is 2.47. The number of hydrogen-bond donors (Lipinski definition) is 1. The third kappa shape index (κ3) is 3.60. The number of benzene rings is 2. The highest BCUT2D eigenvalue weighted by Crippen LogP contribution is 2.32. The van der Waals surface area contributed by atoms with Crippen molar-refractivity contribution in [1.82, 2.24) is 10.2 Å². The summed E-state index contributed by atoms with van der Waals surface area (Å²) in [4.78, 5) is 27.1. The van der Waals surface area contributed by atoms with Gasteiger partial charge in [0.1, 0.15) is 6.04 Å². The van der Waals surface area contributed by atoms with Crippen molar-refractivity contribution in [2.45, 2.75) is 25.9 Å². The number of likely N-dealkylation sites (N-methyl/N-ethyl adjacent to an activating group) is 1. The number of carbonyl (C=O) groups is 2. The van der Waals surface area contributed by atoms with Crippen LogP contribution in [0.3, 0.4) is 0 Å². The van der Waals surface area contributed by atoms with Gasteiger partial charge in [0.15, 0.2) is 11.5 Å². The van der Waals surface area contributed by atoms with Crippen LogP contribution in [0, 0.1) is 0 Å². The van der Waals surface area contributed by atoms with E-state index in [1.807, 2.05) is 43.3 Å². The Morgan fingerprint density at radius 2 is 1.93 bits per heavy atom. The molecule has 1 unspecified atom stereocenters. The molecule has 1 aliphatic heterocycles. The zero-order valence-corrected chi connectivity index (χ0v) is 15.8. The fourth-order valence-electron chi connectivity index (χ4n) is 3.55. The van der Waals surface area contributed by atoms with Gasteiger partial charge in [0.2, 0.25) is 11.8 Å². The van der Waals surface area contributed by atoms with Crippen molar-refractivity contribution >= 4 is 11.8 Å². The lowest BCUT2D eigenvalue weighted by Gasteiger charge is -2.35. The molecule has 142 valence electrons. The second kappa shape index (κ2) is 8.12. The van der Waals surface area contributed by atoms with Gasteiger partial charge in [-0.15, -0.1) is 0 Å². The largest absolute Gasteiger partial charge is 0.493 e. The van der Waals surface area contributed by atoms with Gasteiger partial charge >= 0.3 is 0 Å². The van der Waals surface area contributed by atoms with Crippen molar-refractivity contribution in [2.75, 3.05) is 20.8 Å². The smallest absolute Gasteiger partial charge is 0.247 e. The van der Waals surface area contributed by atoms with Gasteiger partial charge in [-0.05, 0) is 24.1 Å². The van der Waals surface area contributed by atoms with Crippen LogP contribution in [0.15, 0.2) is 42.5 Å². The number of para-hydroxylation sites is 1. The van der Waals surface area contributed by atoms with Gasteiger partial charge in [-0.2, -0.15) is 0 Å². The number of rotatable bonds is 6. The monoisotopic (exact) mass is 368 g/mol. The molecule has 2 aromatic rings. The van der Waals surface area contributed by atoms with Gasteiger partial charge < -0.3 is 19.7 Å². The molecular weight excluding hydrogens is 344 g/mol. The first-order valence-electron chi connectivity index (χ1n) is 8.95. The first kappa shape index (κ1) is 18.8. The lowest BCUT2D eigenvalue weighted by atomic mass is 9.91. The maximum atomic E-state index is 13.0. The highest BCUT2D eigenvalue weighted by molar-refractivity contribution is 5.92. The molecule has 0 bridgehead atoms. The number of amides is 2. The van der Waals surface area contributed by atoms with Crippen molar-refractivity contribution in [3.8, 4) is 11.5 Å². The van der Waals surface area contributed by atoms with Crippen molar-refractivity contribution in [2.24, 2.45) is 0 Å². The molecule has 0 aliphatic carbocycles. The topological polar surface area (TPSA) is 67.9 Å². The van der Waals surface area contributed by atoms with Crippen LogP contribution in [0.4, 0.5) is 0 Å². The molecule has 0 aromatic heterocycles. The number of nitrogens with one attached hydrogen (secondary N) is 1. The van der Waals surface area contributed by atoms with Crippen LogP contribution >= 0.6 is 0 Å². The molecule has 1 N–H and O–H groups in total. The van der Waals surface area contributed by atoms with Crippen LogP contribution in [0.5, 0.6) is 11.5 Å². The molecule has 0 radical (unpaired) electrons. The van der Waals surface area contributed by atoms with Crippen molar-refractivity contribution in [3.63, 3.8) is 0 Å². The lowest BCUT2D eigenvalue weighted by molar-refractivity contribution is -0.141. The summed E-state index contributed by atoms with van der Waals surface area (Å²) < 4.78 is 10.7. The molecule has 1 aliphatic rings. The molecule has 1 heterocycles. The summed E-state index contributed by atoms with van der Waals surface area (Å²) >= 11 is 0. The number of nitrogens with zero attached hydrogens (tertiary/aromatic N) is 1. The van der Waals surface area contributed by atoms with E-state index in [2.05, 4.69) is 5.32 Å². The van der Waals surface area contributed by atoms with E-state index in [1.54, 1.807) is 25.2 Å².